The molecule has 0 radical (unpaired) electrons. The molecular formula is C21H24N2O3. The minimum Gasteiger partial charge on any atom is -0.465 e. The quantitative estimate of drug-likeness (QED) is 0.742. The lowest BCUT2D eigenvalue weighted by Gasteiger charge is -2.23. The van der Waals surface area contributed by atoms with E-state index in [9.17, 15) is 9.59 Å². The van der Waals surface area contributed by atoms with E-state index in [2.05, 4.69) is 36.5 Å². The highest BCUT2D eigenvalue weighted by molar-refractivity contribution is 5.91. The van der Waals surface area contributed by atoms with Crippen LogP contribution in [-0.2, 0) is 16.1 Å². The summed E-state index contributed by atoms with van der Waals surface area (Å²) < 4.78 is 5.13. The average molecular weight is 352 g/mol. The lowest BCUT2D eigenvalue weighted by Crippen LogP contribution is -2.35. The average Bonchev–Trinajstić information content (AvgIpc) is 3.34. The number of hydrogen-bond acceptors (Lipinski definition) is 3. The second-order valence-corrected chi connectivity index (χ2v) is 6.63. The molecule has 26 heavy (non-hydrogen) atoms. The molecule has 5 nitrogen and oxygen atoms in total. The number of carbonyl (C=O) groups is 2. The van der Waals surface area contributed by atoms with E-state index < -0.39 is 0 Å². The molecule has 1 heterocycles. The highest BCUT2D eigenvalue weighted by Crippen LogP contribution is 2.29. The molecule has 1 aromatic heterocycles. The summed E-state index contributed by atoms with van der Waals surface area (Å²) >= 11 is 0. The fraction of sp³-hybridized carbons (Fsp3) is 0.333. The van der Waals surface area contributed by atoms with Crippen LogP contribution in [0, 0.1) is 6.92 Å². The summed E-state index contributed by atoms with van der Waals surface area (Å²) in [6, 6.07) is 12.1. The largest absolute Gasteiger partial charge is 0.465 e. The maximum atomic E-state index is 12.6. The molecule has 0 bridgehead atoms. The van der Waals surface area contributed by atoms with Crippen LogP contribution in [0.15, 0.2) is 53.2 Å². The van der Waals surface area contributed by atoms with Crippen LogP contribution in [0.2, 0.25) is 0 Å². The standard InChI is InChI=1S/C21H24N2O3/c1-16-4-6-17(7-5-16)15-23(18-8-9-18)21(25)12-13-22-20(24)11-10-19-3-2-14-26-19/h2-7,10-11,14,18H,8-9,12-13,15H2,1H3,(H,22,24)/b11-10+. The maximum Gasteiger partial charge on any atom is 0.244 e. The van der Waals surface area contributed by atoms with Gasteiger partial charge in [0.1, 0.15) is 5.76 Å². The van der Waals surface area contributed by atoms with Crippen molar-refractivity contribution in [2.45, 2.75) is 38.8 Å². The first-order valence-corrected chi connectivity index (χ1v) is 8.96. The summed E-state index contributed by atoms with van der Waals surface area (Å²) in [6.07, 6.45) is 7.00. The van der Waals surface area contributed by atoms with Crippen LogP contribution in [0.4, 0.5) is 0 Å². The van der Waals surface area contributed by atoms with Gasteiger partial charge in [0.15, 0.2) is 0 Å². The van der Waals surface area contributed by atoms with Gasteiger partial charge in [0.05, 0.1) is 6.26 Å². The molecule has 0 unspecified atom stereocenters. The van der Waals surface area contributed by atoms with Crippen molar-refractivity contribution < 1.29 is 14.0 Å². The second kappa shape index (κ2) is 8.52. The third-order valence-electron chi connectivity index (χ3n) is 4.36. The monoisotopic (exact) mass is 352 g/mol. The summed E-state index contributed by atoms with van der Waals surface area (Å²) in [5.74, 6) is 0.475. The second-order valence-electron chi connectivity index (χ2n) is 6.63. The van der Waals surface area contributed by atoms with E-state index in [0.717, 1.165) is 18.4 Å². The number of amides is 2. The molecule has 0 aliphatic heterocycles. The van der Waals surface area contributed by atoms with Crippen molar-refractivity contribution in [2.24, 2.45) is 0 Å². The number of nitrogens with zero attached hydrogens (tertiary/aromatic N) is 1. The Morgan fingerprint density at radius 3 is 2.65 bits per heavy atom. The van der Waals surface area contributed by atoms with Gasteiger partial charge in [-0.3, -0.25) is 9.59 Å². The highest BCUT2D eigenvalue weighted by atomic mass is 16.3. The molecule has 2 aromatic rings. The molecule has 0 atom stereocenters. The number of carbonyl (C=O) groups excluding carboxylic acids is 2. The molecule has 5 heteroatoms. The van der Waals surface area contributed by atoms with E-state index in [-0.39, 0.29) is 11.8 Å². The zero-order chi connectivity index (χ0) is 18.4. The minimum absolute atomic E-state index is 0.0865. The third kappa shape index (κ3) is 5.34. The van der Waals surface area contributed by atoms with Crippen LogP contribution in [0.25, 0.3) is 6.08 Å². The molecule has 0 spiro atoms. The number of rotatable bonds is 8. The van der Waals surface area contributed by atoms with Gasteiger partial charge in [-0.15, -0.1) is 0 Å². The molecule has 1 aromatic carbocycles. The minimum atomic E-state index is -0.231. The Morgan fingerprint density at radius 2 is 2.00 bits per heavy atom. The van der Waals surface area contributed by atoms with Crippen LogP contribution in [0.1, 0.15) is 36.1 Å². The van der Waals surface area contributed by atoms with Crippen molar-refractivity contribution in [3.05, 3.63) is 65.6 Å². The Morgan fingerprint density at radius 1 is 1.23 bits per heavy atom. The number of furan rings is 1. The smallest absolute Gasteiger partial charge is 0.244 e. The van der Waals surface area contributed by atoms with Gasteiger partial charge >= 0.3 is 0 Å². The lowest BCUT2D eigenvalue weighted by atomic mass is 10.1. The Kier molecular flexibility index (Phi) is 5.89. The first-order valence-electron chi connectivity index (χ1n) is 8.96. The SMILES string of the molecule is Cc1ccc(CN(C(=O)CCNC(=O)/C=C/c2ccco2)C2CC2)cc1. The van der Waals surface area contributed by atoms with Gasteiger partial charge in [0, 0.05) is 31.6 Å². The van der Waals surface area contributed by atoms with Crippen LogP contribution in [0.3, 0.4) is 0 Å². The predicted molar refractivity (Wildman–Crippen MR) is 100 cm³/mol. The normalized spacial score (nSPS) is 13.7. The van der Waals surface area contributed by atoms with Crippen LogP contribution >= 0.6 is 0 Å². The molecule has 1 fully saturated rings. The molecule has 2 amide bonds. The van der Waals surface area contributed by atoms with Crippen molar-refractivity contribution >= 4 is 17.9 Å². The molecule has 1 N–H and O–H groups in total. The van der Waals surface area contributed by atoms with Gasteiger partial charge < -0.3 is 14.6 Å². The van der Waals surface area contributed by atoms with Gasteiger partial charge in [-0.05, 0) is 43.5 Å². The van der Waals surface area contributed by atoms with E-state index in [1.54, 1.807) is 24.5 Å². The van der Waals surface area contributed by atoms with E-state index in [0.29, 0.717) is 31.3 Å². The first kappa shape index (κ1) is 18.0. The Balaban J connectivity index is 1.46. The van der Waals surface area contributed by atoms with Crippen LogP contribution in [0.5, 0.6) is 0 Å². The van der Waals surface area contributed by atoms with Gasteiger partial charge in [0.2, 0.25) is 11.8 Å². The molecule has 0 saturated heterocycles. The molecule has 1 aliphatic rings. The van der Waals surface area contributed by atoms with E-state index in [1.165, 1.54) is 11.6 Å². The predicted octanol–water partition coefficient (Wildman–Crippen LogP) is 3.30. The van der Waals surface area contributed by atoms with Crippen molar-refractivity contribution in [1.29, 1.82) is 0 Å². The summed E-state index contributed by atoms with van der Waals surface area (Å²) in [6.45, 7) is 3.02. The molecule has 1 aliphatic carbocycles. The lowest BCUT2D eigenvalue weighted by molar-refractivity contribution is -0.132. The summed E-state index contributed by atoms with van der Waals surface area (Å²) in [5, 5.41) is 2.75. The zero-order valence-corrected chi connectivity index (χ0v) is 15.0. The molecule has 3 rings (SSSR count). The van der Waals surface area contributed by atoms with Crippen molar-refractivity contribution in [1.82, 2.24) is 10.2 Å². The van der Waals surface area contributed by atoms with Gasteiger partial charge in [-0.25, -0.2) is 0 Å². The maximum absolute atomic E-state index is 12.6. The van der Waals surface area contributed by atoms with Gasteiger partial charge in [0.25, 0.3) is 0 Å². The van der Waals surface area contributed by atoms with Gasteiger partial charge in [-0.2, -0.15) is 0 Å². The zero-order valence-electron chi connectivity index (χ0n) is 15.0. The summed E-state index contributed by atoms with van der Waals surface area (Å²) in [5.41, 5.74) is 2.35. The van der Waals surface area contributed by atoms with Crippen LogP contribution in [-0.4, -0.2) is 29.3 Å². The summed E-state index contributed by atoms with van der Waals surface area (Å²) in [7, 11) is 0. The van der Waals surface area contributed by atoms with Crippen LogP contribution < -0.4 is 5.32 Å². The number of aryl methyl sites for hydroxylation is 1. The van der Waals surface area contributed by atoms with E-state index in [4.69, 9.17) is 4.42 Å². The fourth-order valence-electron chi connectivity index (χ4n) is 2.74. The molecule has 1 saturated carbocycles. The Bertz CT molecular complexity index is 759. The summed E-state index contributed by atoms with van der Waals surface area (Å²) in [4.78, 5) is 26.3. The first-order chi connectivity index (χ1) is 12.6. The third-order valence-corrected chi connectivity index (χ3v) is 4.36. The van der Waals surface area contributed by atoms with Crippen molar-refractivity contribution in [3.8, 4) is 0 Å². The fourth-order valence-corrected chi connectivity index (χ4v) is 2.74. The van der Waals surface area contributed by atoms with E-state index >= 15 is 0 Å². The van der Waals surface area contributed by atoms with E-state index in [1.807, 2.05) is 4.90 Å². The van der Waals surface area contributed by atoms with Gasteiger partial charge in [-0.1, -0.05) is 29.8 Å². The van der Waals surface area contributed by atoms with Crippen molar-refractivity contribution in [2.75, 3.05) is 6.54 Å². The Labute approximate surface area is 153 Å². The Hall–Kier alpha value is -2.82. The highest BCUT2D eigenvalue weighted by Gasteiger charge is 2.32. The van der Waals surface area contributed by atoms with Crippen molar-refractivity contribution in [3.63, 3.8) is 0 Å². The number of benzene rings is 1. The number of nitrogens with one attached hydrogen (secondary N) is 1. The number of hydrogen-bond donors (Lipinski definition) is 1. The topological polar surface area (TPSA) is 62.6 Å². The molecule has 136 valence electrons. The molecular weight excluding hydrogens is 328 g/mol.